The monoisotopic (exact) mass is 764 g/mol. The predicted molar refractivity (Wildman–Crippen MR) is 233 cm³/mol. The molecule has 0 fully saturated rings. The van der Waals surface area contributed by atoms with Gasteiger partial charge in [0.2, 0.25) is 5.88 Å². The molecule has 302 valence electrons. The molecule has 6 rings (SSSR count). The molecule has 3 N–H and O–H groups in total. The summed E-state index contributed by atoms with van der Waals surface area (Å²) in [4.78, 5) is 55.2. The number of nitrogens with two attached hydrogens (primary N) is 1. The number of fused-ring (bicyclic) bond motifs is 3. The molecule has 56 heavy (non-hydrogen) atoms. The summed E-state index contributed by atoms with van der Waals surface area (Å²) in [6.07, 6.45) is 27.6. The van der Waals surface area contributed by atoms with E-state index in [1.165, 1.54) is 4.57 Å². The van der Waals surface area contributed by atoms with Crippen molar-refractivity contribution in [2.24, 2.45) is 5.73 Å². The van der Waals surface area contributed by atoms with Gasteiger partial charge in [0, 0.05) is 39.7 Å². The van der Waals surface area contributed by atoms with E-state index in [1.54, 1.807) is 16.7 Å². The molecule has 0 saturated heterocycles. The number of hydrogen-bond acceptors (Lipinski definition) is 7. The highest BCUT2D eigenvalue weighted by atomic mass is 16.3. The largest absolute Gasteiger partial charge is 0.494 e. The van der Waals surface area contributed by atoms with E-state index in [0.29, 0.717) is 49.2 Å². The van der Waals surface area contributed by atoms with Gasteiger partial charge in [-0.1, -0.05) is 155 Å². The Labute approximate surface area is 331 Å². The molecule has 9 nitrogen and oxygen atoms in total. The maximum Gasteiger partial charge on any atom is 0.263 e. The third-order valence-corrected chi connectivity index (χ3v) is 12.4. The van der Waals surface area contributed by atoms with Gasteiger partial charge in [-0.3, -0.25) is 23.5 Å². The highest BCUT2D eigenvalue weighted by molar-refractivity contribution is 6.32. The standard InChI is InChI=1S/C47H65N5O4/c1-5-9-13-17-23-31(24-18-14-10-6-2)51-44(53)34-29-30-35-38-37(34)39(46(51)55)41-42(50-43(49-41)33-27-21-22-28-36(33)48)40(38)47(56)52(45(35)54)32(25-19-15-11-7-3)26-20-16-12-8-4/h21-22,27-33,36,53H,5-20,23-26,48H2,1-4H3. The summed E-state index contributed by atoms with van der Waals surface area (Å²) < 4.78 is 3.10. The molecule has 9 heteroatoms. The highest BCUT2D eigenvalue weighted by Crippen LogP contribution is 2.42. The summed E-state index contributed by atoms with van der Waals surface area (Å²) >= 11 is 0. The molecule has 2 aromatic carbocycles. The second-order valence-electron chi connectivity index (χ2n) is 16.5. The number of hydrogen-bond donors (Lipinski definition) is 2. The van der Waals surface area contributed by atoms with Crippen molar-refractivity contribution < 1.29 is 5.11 Å². The zero-order valence-electron chi connectivity index (χ0n) is 34.5. The Morgan fingerprint density at radius 3 is 1.48 bits per heavy atom. The number of allylic oxidation sites excluding steroid dienone is 2. The van der Waals surface area contributed by atoms with Crippen molar-refractivity contribution in [3.8, 4) is 5.88 Å². The minimum Gasteiger partial charge on any atom is -0.494 e. The van der Waals surface area contributed by atoms with Crippen LogP contribution in [0.5, 0.6) is 5.88 Å². The van der Waals surface area contributed by atoms with Gasteiger partial charge in [0.1, 0.15) is 16.9 Å². The summed E-state index contributed by atoms with van der Waals surface area (Å²) in [5.74, 6) is -0.0148. The van der Waals surface area contributed by atoms with E-state index in [-0.39, 0.29) is 46.6 Å². The summed E-state index contributed by atoms with van der Waals surface area (Å²) in [5, 5.41) is 14.5. The number of benzene rings is 2. The molecular formula is C47H65N5O4. The first kappa shape index (κ1) is 41.5. The molecule has 2 unspecified atom stereocenters. The van der Waals surface area contributed by atoms with Crippen LogP contribution in [-0.4, -0.2) is 30.3 Å². The molecule has 0 bridgehead atoms. The number of rotatable bonds is 23. The van der Waals surface area contributed by atoms with Crippen LogP contribution in [-0.2, 0) is 0 Å². The molecule has 0 radical (unpaired) electrons. The maximum absolute atomic E-state index is 15.2. The minimum atomic E-state index is -0.388. The first-order valence-electron chi connectivity index (χ1n) is 22.1. The summed E-state index contributed by atoms with van der Waals surface area (Å²) in [6, 6.07) is 2.70. The molecule has 1 aliphatic rings. The molecule has 5 aromatic rings. The second kappa shape index (κ2) is 19.4. The summed E-state index contributed by atoms with van der Waals surface area (Å²) in [5.41, 5.74) is 6.20. The lowest BCUT2D eigenvalue weighted by atomic mass is 9.93. The van der Waals surface area contributed by atoms with Crippen molar-refractivity contribution in [2.45, 2.75) is 180 Å². The Bertz CT molecular complexity index is 2280. The van der Waals surface area contributed by atoms with E-state index in [2.05, 4.69) is 27.7 Å². The smallest absolute Gasteiger partial charge is 0.263 e. The SMILES string of the molecule is CCCCCCC(CCCCCC)n1c(O)c2ccc3c(=O)n(C(CCCCCC)CCCCCC)c(=O)c4c5nc(C6C=CC=CC6N)nc5c(c1=O)c2c34. The molecule has 1 aliphatic carbocycles. The Morgan fingerprint density at radius 1 is 0.571 bits per heavy atom. The van der Waals surface area contributed by atoms with Crippen LogP contribution in [0.25, 0.3) is 43.4 Å². The van der Waals surface area contributed by atoms with Crippen molar-refractivity contribution in [2.75, 3.05) is 0 Å². The minimum absolute atomic E-state index is 0.107. The van der Waals surface area contributed by atoms with Crippen molar-refractivity contribution in [1.29, 1.82) is 0 Å². The van der Waals surface area contributed by atoms with Crippen molar-refractivity contribution in [3.63, 3.8) is 0 Å². The second-order valence-corrected chi connectivity index (χ2v) is 16.5. The van der Waals surface area contributed by atoms with Gasteiger partial charge in [-0.05, 0) is 37.8 Å². The number of imidazole rings is 1. The lowest BCUT2D eigenvalue weighted by molar-refractivity contribution is 0.334. The normalized spacial score (nSPS) is 16.1. The molecule has 3 heterocycles. The van der Waals surface area contributed by atoms with Crippen molar-refractivity contribution in [1.82, 2.24) is 19.1 Å². The fraction of sp³-hybridized carbons (Fsp3) is 0.596. The highest BCUT2D eigenvalue weighted by Gasteiger charge is 2.32. The fourth-order valence-corrected chi connectivity index (χ4v) is 9.27. The summed E-state index contributed by atoms with van der Waals surface area (Å²) in [7, 11) is 0. The first-order chi connectivity index (χ1) is 27.3. The molecule has 3 aromatic heterocycles. The first-order valence-corrected chi connectivity index (χ1v) is 22.1. The zero-order chi connectivity index (χ0) is 39.8. The Morgan fingerprint density at radius 2 is 1.00 bits per heavy atom. The van der Waals surface area contributed by atoms with Gasteiger partial charge in [0.05, 0.1) is 16.7 Å². The number of nitrogens with zero attached hydrogens (tertiary/aromatic N) is 4. The van der Waals surface area contributed by atoms with E-state index in [4.69, 9.17) is 15.7 Å². The molecule has 2 atom stereocenters. The van der Waals surface area contributed by atoms with Gasteiger partial charge < -0.3 is 10.8 Å². The van der Waals surface area contributed by atoms with Crippen molar-refractivity contribution in [3.05, 3.63) is 73.3 Å². The van der Waals surface area contributed by atoms with Crippen LogP contribution in [0.2, 0.25) is 0 Å². The lowest BCUT2D eigenvalue weighted by Crippen LogP contribution is -2.37. The van der Waals surface area contributed by atoms with Gasteiger partial charge >= 0.3 is 0 Å². The molecule has 0 aliphatic heterocycles. The molecular weight excluding hydrogens is 699 g/mol. The molecule has 0 saturated carbocycles. The zero-order valence-corrected chi connectivity index (χ0v) is 34.5. The van der Waals surface area contributed by atoms with Crippen LogP contribution in [0.4, 0.5) is 0 Å². The average Bonchev–Trinajstić information content (AvgIpc) is 3.63. The van der Waals surface area contributed by atoms with Gasteiger partial charge in [-0.15, -0.1) is 0 Å². The Balaban J connectivity index is 1.65. The van der Waals surface area contributed by atoms with Gasteiger partial charge in [-0.25, -0.2) is 9.97 Å². The van der Waals surface area contributed by atoms with Crippen LogP contribution in [0.3, 0.4) is 0 Å². The molecule has 0 spiro atoms. The number of aromatic hydroxyl groups is 1. The predicted octanol–water partition coefficient (Wildman–Crippen LogP) is 10.9. The van der Waals surface area contributed by atoms with Gasteiger partial charge in [-0.2, -0.15) is 0 Å². The maximum atomic E-state index is 15.2. The van der Waals surface area contributed by atoms with Crippen LogP contribution < -0.4 is 22.4 Å². The van der Waals surface area contributed by atoms with Gasteiger partial charge in [0.25, 0.3) is 16.7 Å². The van der Waals surface area contributed by atoms with E-state index in [9.17, 15) is 9.90 Å². The lowest BCUT2D eigenvalue weighted by Gasteiger charge is -2.24. The number of aromatic nitrogens is 4. The van der Waals surface area contributed by atoms with E-state index in [0.717, 1.165) is 128 Å². The number of unbranched alkanes of at least 4 members (excludes halogenated alkanes) is 12. The van der Waals surface area contributed by atoms with Crippen LogP contribution in [0, 0.1) is 0 Å². The van der Waals surface area contributed by atoms with Crippen molar-refractivity contribution >= 4 is 43.4 Å². The van der Waals surface area contributed by atoms with E-state index in [1.807, 2.05) is 24.3 Å². The van der Waals surface area contributed by atoms with Crippen LogP contribution >= 0.6 is 0 Å². The van der Waals surface area contributed by atoms with E-state index >= 15 is 9.59 Å². The molecule has 0 amide bonds. The fourth-order valence-electron chi connectivity index (χ4n) is 9.27. The Kier molecular flexibility index (Phi) is 14.4. The van der Waals surface area contributed by atoms with Crippen LogP contribution in [0.1, 0.15) is 180 Å². The number of pyridine rings is 2. The average molecular weight is 764 g/mol. The quantitative estimate of drug-likeness (QED) is 0.0500. The third kappa shape index (κ3) is 8.30. The van der Waals surface area contributed by atoms with Gasteiger partial charge in [0.15, 0.2) is 0 Å². The summed E-state index contributed by atoms with van der Waals surface area (Å²) in [6.45, 7) is 8.74. The topological polar surface area (TPSA) is 133 Å². The third-order valence-electron chi connectivity index (χ3n) is 12.4. The van der Waals surface area contributed by atoms with Crippen LogP contribution in [0.15, 0.2) is 50.8 Å². The van der Waals surface area contributed by atoms with E-state index < -0.39 is 0 Å². The Hall–Kier alpha value is -4.11.